The van der Waals surface area contributed by atoms with Crippen LogP contribution in [0.4, 0.5) is 25.2 Å². The minimum absolute atomic E-state index is 0.160. The van der Waals surface area contributed by atoms with Crippen molar-refractivity contribution in [2.75, 3.05) is 6.61 Å². The van der Waals surface area contributed by atoms with Crippen molar-refractivity contribution in [3.05, 3.63) is 79.0 Å². The van der Waals surface area contributed by atoms with Gasteiger partial charge in [0.2, 0.25) is 0 Å². The zero-order valence-corrected chi connectivity index (χ0v) is 19.7. The third kappa shape index (κ3) is 16.9. The van der Waals surface area contributed by atoms with E-state index in [2.05, 4.69) is 60.0 Å². The first-order valence-electron chi connectivity index (χ1n) is 9.06. The van der Waals surface area contributed by atoms with Gasteiger partial charge < -0.3 is 0 Å². The summed E-state index contributed by atoms with van der Waals surface area (Å²) < 4.78 is 61.9. The van der Waals surface area contributed by atoms with Crippen LogP contribution in [0, 0.1) is 7.14 Å². The molecule has 2 rings (SSSR count). The first kappa shape index (κ1) is 28.3. The molecule has 0 aliphatic heterocycles. The predicted octanol–water partition coefficient (Wildman–Crippen LogP) is 4.19. The molecular weight excluding hydrogens is 576 g/mol. The van der Waals surface area contributed by atoms with Crippen LogP contribution in [0.1, 0.15) is 24.0 Å². The molecule has 2 aromatic rings. The van der Waals surface area contributed by atoms with E-state index in [1.165, 1.54) is 12.7 Å². The van der Waals surface area contributed by atoms with Gasteiger partial charge in [0.05, 0.1) is 0 Å². The second-order valence-electron chi connectivity index (χ2n) is 6.75. The molecule has 12 heteroatoms. The average molecular weight is 598 g/mol. The summed E-state index contributed by atoms with van der Waals surface area (Å²) in [4.78, 5) is 14.6. The number of carboxylic acid groups (broad SMARTS) is 1. The molecule has 0 radical (unpaired) electrons. The molecule has 0 aliphatic carbocycles. The van der Waals surface area contributed by atoms with Crippen molar-refractivity contribution in [1.82, 2.24) is 0 Å². The molecule has 0 saturated carbocycles. The SMILES string of the molecule is C=C(COO)Cc1ccc([I-]c2ccc(CCCC(=O)O)cc2)cc1.F[P-](F)(F)(F)(F)F. The molecule has 0 atom stereocenters. The maximum atomic E-state index is 10.5. The number of carboxylic acids is 1. The molecule has 0 spiro atoms. The molecule has 32 heavy (non-hydrogen) atoms. The maximum absolute atomic E-state index is 10.7. The van der Waals surface area contributed by atoms with E-state index < -0.39 is 13.8 Å². The summed E-state index contributed by atoms with van der Waals surface area (Å²) in [5.74, 6) is -0.738. The Bertz CT molecular complexity index is 890. The van der Waals surface area contributed by atoms with E-state index in [1.54, 1.807) is 0 Å². The molecule has 0 heterocycles. The van der Waals surface area contributed by atoms with Crippen LogP contribution < -0.4 is 21.2 Å². The van der Waals surface area contributed by atoms with Gasteiger partial charge in [-0.2, -0.15) is 0 Å². The van der Waals surface area contributed by atoms with Crippen molar-refractivity contribution in [2.24, 2.45) is 0 Å². The van der Waals surface area contributed by atoms with Crippen LogP contribution in [-0.4, -0.2) is 22.9 Å². The Hall–Kier alpha value is -1.69. The van der Waals surface area contributed by atoms with E-state index in [1.807, 2.05) is 0 Å². The Kier molecular flexibility index (Phi) is 9.70. The van der Waals surface area contributed by atoms with Gasteiger partial charge in [-0.1, -0.05) is 0 Å². The van der Waals surface area contributed by atoms with Gasteiger partial charge in [-0.15, -0.1) is 0 Å². The van der Waals surface area contributed by atoms with Gasteiger partial charge in [-0.25, -0.2) is 0 Å². The van der Waals surface area contributed by atoms with Crippen LogP contribution in [-0.2, 0) is 22.5 Å². The van der Waals surface area contributed by atoms with Gasteiger partial charge in [-0.3, -0.25) is 0 Å². The Morgan fingerprint density at radius 1 is 0.906 bits per heavy atom. The summed E-state index contributed by atoms with van der Waals surface area (Å²) in [6.45, 7) is 4.02. The number of halogens is 7. The first-order valence-corrected chi connectivity index (χ1v) is 13.2. The Morgan fingerprint density at radius 2 is 1.34 bits per heavy atom. The summed E-state index contributed by atoms with van der Waals surface area (Å²) in [5, 5.41) is 17.1. The molecule has 182 valence electrons. The zero-order chi connectivity index (χ0) is 24.5. The first-order chi connectivity index (χ1) is 14.5. The van der Waals surface area contributed by atoms with Gasteiger partial charge in [0.15, 0.2) is 0 Å². The molecule has 0 bridgehead atoms. The van der Waals surface area contributed by atoms with Crippen LogP contribution in [0.2, 0.25) is 0 Å². The van der Waals surface area contributed by atoms with E-state index >= 15 is 0 Å². The molecule has 0 saturated heterocycles. The number of hydrogen-bond donors (Lipinski definition) is 2. The summed E-state index contributed by atoms with van der Waals surface area (Å²) in [7, 11) is -10.7. The quantitative estimate of drug-likeness (QED) is 0.108. The monoisotopic (exact) mass is 598 g/mol. The fraction of sp³-hybridized carbons (Fsp3) is 0.250. The number of aliphatic carboxylic acids is 1. The van der Waals surface area contributed by atoms with Crippen molar-refractivity contribution in [3.63, 3.8) is 0 Å². The van der Waals surface area contributed by atoms with Gasteiger partial charge in [0.25, 0.3) is 0 Å². The van der Waals surface area contributed by atoms with E-state index in [9.17, 15) is 30.0 Å². The van der Waals surface area contributed by atoms with E-state index in [0.717, 1.165) is 17.6 Å². The molecular formula is C20H22F6IO4P-2. The van der Waals surface area contributed by atoms with E-state index in [-0.39, 0.29) is 34.2 Å². The third-order valence-corrected chi connectivity index (χ3v) is 6.31. The van der Waals surface area contributed by atoms with Crippen LogP contribution in [0.25, 0.3) is 0 Å². The second-order valence-corrected chi connectivity index (χ2v) is 11.7. The van der Waals surface area contributed by atoms with Crippen molar-refractivity contribution in [2.45, 2.75) is 25.7 Å². The number of benzene rings is 2. The number of aryl methyl sites for hydroxylation is 1. The van der Waals surface area contributed by atoms with Crippen LogP contribution in [0.3, 0.4) is 0 Å². The minimum atomic E-state index is -10.7. The number of rotatable bonds is 10. The van der Waals surface area contributed by atoms with Gasteiger partial charge in [0.1, 0.15) is 0 Å². The molecule has 4 nitrogen and oxygen atoms in total. The summed E-state index contributed by atoms with van der Waals surface area (Å²) >= 11 is -0.230. The van der Waals surface area contributed by atoms with Gasteiger partial charge in [-0.05, 0) is 0 Å². The molecule has 2 aromatic carbocycles. The van der Waals surface area contributed by atoms with Crippen LogP contribution in [0.5, 0.6) is 0 Å². The topological polar surface area (TPSA) is 66.8 Å². The fourth-order valence-electron chi connectivity index (χ4n) is 2.38. The molecule has 0 aromatic heterocycles. The molecule has 0 amide bonds. The van der Waals surface area contributed by atoms with Crippen LogP contribution in [0.15, 0.2) is 60.7 Å². The fourth-order valence-corrected chi connectivity index (χ4v) is 4.54. The Balaban J connectivity index is 0.000000633. The Morgan fingerprint density at radius 3 is 1.75 bits per heavy atom. The van der Waals surface area contributed by atoms with Crippen molar-refractivity contribution in [1.29, 1.82) is 0 Å². The predicted molar refractivity (Wildman–Crippen MR) is 106 cm³/mol. The van der Waals surface area contributed by atoms with Crippen molar-refractivity contribution >= 4 is 13.8 Å². The molecule has 0 aliphatic rings. The molecule has 0 unspecified atom stereocenters. The summed E-state index contributed by atoms with van der Waals surface area (Å²) in [6.07, 6.45) is 2.40. The average Bonchev–Trinajstić information content (AvgIpc) is 2.62. The number of hydrogen-bond acceptors (Lipinski definition) is 3. The second kappa shape index (κ2) is 11.0. The third-order valence-electron chi connectivity index (χ3n) is 3.62. The zero-order valence-electron chi connectivity index (χ0n) is 16.7. The van der Waals surface area contributed by atoms with Gasteiger partial charge >= 0.3 is 191 Å². The standard InChI is InChI=1S/C20H22IO4.F6P/c1-15(14-25-24)13-17-7-11-19(12-8-17)21-18-9-5-16(6-10-18)3-2-4-20(22)23;1-7(2,3,4,5)6/h5-12,24H,1-4,13-14H2,(H,22,23);/q2*-1. The van der Waals surface area contributed by atoms with Crippen molar-refractivity contribution < 1.29 is 66.4 Å². The van der Waals surface area contributed by atoms with Gasteiger partial charge in [0, 0.05) is 0 Å². The normalized spacial score (nSPS) is 13.5. The van der Waals surface area contributed by atoms with E-state index in [0.29, 0.717) is 12.8 Å². The molecule has 2 N–H and O–H groups in total. The van der Waals surface area contributed by atoms with E-state index in [4.69, 9.17) is 10.4 Å². The summed E-state index contributed by atoms with van der Waals surface area (Å²) in [6, 6.07) is 17.0. The summed E-state index contributed by atoms with van der Waals surface area (Å²) in [5.41, 5.74) is 3.18. The number of carbonyl (C=O) groups is 1. The Labute approximate surface area is 191 Å². The van der Waals surface area contributed by atoms with Crippen molar-refractivity contribution in [3.8, 4) is 0 Å². The molecule has 0 fully saturated rings. The van der Waals surface area contributed by atoms with Crippen LogP contribution >= 0.6 is 7.81 Å².